The summed E-state index contributed by atoms with van der Waals surface area (Å²) in [6, 6.07) is 3.71. The van der Waals surface area contributed by atoms with Crippen LogP contribution in [0.3, 0.4) is 0 Å². The van der Waals surface area contributed by atoms with Gasteiger partial charge in [0, 0.05) is 0 Å². The number of hydrazone groups is 1. The number of nitrogens with zero attached hydrogens (tertiary/aromatic N) is 1. The van der Waals surface area contributed by atoms with E-state index in [1.54, 1.807) is 0 Å². The Kier molecular flexibility index (Phi) is 4.22. The number of nitrogens with one attached hydrogen (secondary N) is 1. The van der Waals surface area contributed by atoms with Crippen LogP contribution in [0.25, 0.3) is 0 Å². The molecule has 1 aromatic carbocycles. The van der Waals surface area contributed by atoms with E-state index in [4.69, 9.17) is 0 Å². The van der Waals surface area contributed by atoms with Crippen LogP contribution in [0.15, 0.2) is 27.8 Å². The zero-order valence-corrected chi connectivity index (χ0v) is 9.64. The highest BCUT2D eigenvalue weighted by atomic mass is 79.9. The molecule has 0 unspecified atom stereocenters. The van der Waals surface area contributed by atoms with Crippen molar-refractivity contribution >= 4 is 28.1 Å². The number of carbonyl (C=O) groups is 1. The highest BCUT2D eigenvalue weighted by molar-refractivity contribution is 9.10. The van der Waals surface area contributed by atoms with Crippen LogP contribution in [0.2, 0.25) is 0 Å². The summed E-state index contributed by atoms with van der Waals surface area (Å²) in [5.74, 6) is -2.68. The molecule has 0 saturated heterocycles. The van der Waals surface area contributed by atoms with Crippen LogP contribution >= 0.6 is 15.9 Å². The lowest BCUT2D eigenvalue weighted by Gasteiger charge is -2.02. The lowest BCUT2D eigenvalue weighted by molar-refractivity contribution is -0.173. The van der Waals surface area contributed by atoms with Crippen molar-refractivity contribution in [3.63, 3.8) is 0 Å². The monoisotopic (exact) mass is 312 g/mol. The Labute approximate surface area is 102 Å². The minimum atomic E-state index is -4.99. The Balaban J connectivity index is 2.66. The van der Waals surface area contributed by atoms with Gasteiger partial charge >= 0.3 is 12.1 Å². The van der Waals surface area contributed by atoms with Gasteiger partial charge in [-0.15, -0.1) is 0 Å². The molecule has 1 aromatic rings. The number of halogens is 5. The lowest BCUT2D eigenvalue weighted by atomic mass is 10.2. The Bertz CT molecular complexity index is 459. The van der Waals surface area contributed by atoms with Crippen molar-refractivity contribution in [2.75, 3.05) is 0 Å². The molecule has 0 aliphatic carbocycles. The third-order valence-electron chi connectivity index (χ3n) is 1.58. The van der Waals surface area contributed by atoms with Gasteiger partial charge in [0.15, 0.2) is 0 Å². The summed E-state index contributed by atoms with van der Waals surface area (Å²) in [5, 5.41) is 3.09. The molecule has 0 aromatic heterocycles. The average Bonchev–Trinajstić information content (AvgIpc) is 2.22. The highest BCUT2D eigenvalue weighted by Crippen LogP contribution is 2.16. The molecule has 0 heterocycles. The Morgan fingerprint density at radius 1 is 1.41 bits per heavy atom. The first-order valence-electron chi connectivity index (χ1n) is 4.16. The Morgan fingerprint density at radius 2 is 2.06 bits per heavy atom. The summed E-state index contributed by atoms with van der Waals surface area (Å²) in [6.07, 6.45) is -4.02. The van der Waals surface area contributed by atoms with Gasteiger partial charge in [-0.1, -0.05) is 6.07 Å². The van der Waals surface area contributed by atoms with Crippen LogP contribution in [-0.2, 0) is 4.79 Å². The quantitative estimate of drug-likeness (QED) is 0.509. The van der Waals surface area contributed by atoms with Crippen LogP contribution < -0.4 is 5.43 Å². The third kappa shape index (κ3) is 4.14. The number of rotatable bonds is 2. The van der Waals surface area contributed by atoms with Crippen molar-refractivity contribution in [2.24, 2.45) is 5.10 Å². The first-order chi connectivity index (χ1) is 7.80. The molecule has 1 N–H and O–H groups in total. The van der Waals surface area contributed by atoms with E-state index in [1.165, 1.54) is 17.6 Å². The SMILES string of the molecule is O=C(N/N=C/c1ccc(F)c(Br)c1)C(F)(F)F. The Morgan fingerprint density at radius 3 is 2.59 bits per heavy atom. The van der Waals surface area contributed by atoms with Crippen molar-refractivity contribution in [1.82, 2.24) is 5.43 Å². The van der Waals surface area contributed by atoms with Crippen molar-refractivity contribution in [3.8, 4) is 0 Å². The minimum absolute atomic E-state index is 0.142. The van der Waals surface area contributed by atoms with Crippen molar-refractivity contribution in [3.05, 3.63) is 34.1 Å². The largest absolute Gasteiger partial charge is 0.473 e. The van der Waals surface area contributed by atoms with E-state index in [0.717, 1.165) is 12.3 Å². The summed E-state index contributed by atoms with van der Waals surface area (Å²) in [6.45, 7) is 0. The predicted molar refractivity (Wildman–Crippen MR) is 55.9 cm³/mol. The molecule has 0 radical (unpaired) electrons. The summed E-state index contributed by atoms with van der Waals surface area (Å²) in [5.41, 5.74) is 1.64. The van der Waals surface area contributed by atoms with E-state index in [2.05, 4.69) is 21.0 Å². The molecule has 17 heavy (non-hydrogen) atoms. The lowest BCUT2D eigenvalue weighted by Crippen LogP contribution is -2.33. The van der Waals surface area contributed by atoms with Crippen LogP contribution in [-0.4, -0.2) is 18.3 Å². The fraction of sp³-hybridized carbons (Fsp3) is 0.111. The molecule has 0 saturated carbocycles. The van der Waals surface area contributed by atoms with Gasteiger partial charge < -0.3 is 0 Å². The molecule has 1 rings (SSSR count). The van der Waals surface area contributed by atoms with E-state index in [9.17, 15) is 22.4 Å². The zero-order chi connectivity index (χ0) is 13.1. The number of carbonyl (C=O) groups excluding carboxylic acids is 1. The molecule has 8 heteroatoms. The second kappa shape index (κ2) is 5.26. The summed E-state index contributed by atoms with van der Waals surface area (Å²) < 4.78 is 48.2. The van der Waals surface area contributed by atoms with Gasteiger partial charge in [0.2, 0.25) is 0 Å². The zero-order valence-electron chi connectivity index (χ0n) is 8.05. The number of hydrogen-bond acceptors (Lipinski definition) is 2. The molecule has 0 aliphatic rings. The molecule has 0 atom stereocenters. The first-order valence-corrected chi connectivity index (χ1v) is 4.95. The summed E-state index contributed by atoms with van der Waals surface area (Å²) >= 11 is 2.89. The van der Waals surface area contributed by atoms with E-state index in [1.807, 2.05) is 0 Å². The van der Waals surface area contributed by atoms with Gasteiger partial charge in [-0.05, 0) is 33.6 Å². The second-order valence-electron chi connectivity index (χ2n) is 2.87. The molecule has 92 valence electrons. The maximum absolute atomic E-state index is 12.8. The maximum Gasteiger partial charge on any atom is 0.473 e. The van der Waals surface area contributed by atoms with Crippen molar-refractivity contribution in [2.45, 2.75) is 6.18 Å². The minimum Gasteiger partial charge on any atom is -0.263 e. The molecule has 0 spiro atoms. The molecular weight excluding hydrogens is 308 g/mol. The van der Waals surface area contributed by atoms with Gasteiger partial charge in [-0.25, -0.2) is 9.82 Å². The maximum atomic E-state index is 12.8. The molecule has 1 amide bonds. The normalized spacial score (nSPS) is 11.8. The van der Waals surface area contributed by atoms with E-state index in [-0.39, 0.29) is 4.47 Å². The molecular formula is C9H5BrF4N2O. The number of alkyl halides is 3. The van der Waals surface area contributed by atoms with Crippen LogP contribution in [0.1, 0.15) is 5.56 Å². The van der Waals surface area contributed by atoms with Crippen LogP contribution in [0.5, 0.6) is 0 Å². The van der Waals surface area contributed by atoms with Gasteiger partial charge in [0.05, 0.1) is 10.7 Å². The third-order valence-corrected chi connectivity index (χ3v) is 2.19. The highest BCUT2D eigenvalue weighted by Gasteiger charge is 2.38. The van der Waals surface area contributed by atoms with Gasteiger partial charge in [-0.3, -0.25) is 4.79 Å². The molecule has 3 nitrogen and oxygen atoms in total. The van der Waals surface area contributed by atoms with E-state index < -0.39 is 17.9 Å². The average molecular weight is 313 g/mol. The van der Waals surface area contributed by atoms with Crippen LogP contribution in [0, 0.1) is 5.82 Å². The van der Waals surface area contributed by atoms with Gasteiger partial charge in [0.1, 0.15) is 5.82 Å². The first kappa shape index (κ1) is 13.6. The number of amides is 1. The van der Waals surface area contributed by atoms with Crippen LogP contribution in [0.4, 0.5) is 17.6 Å². The molecule has 0 fully saturated rings. The summed E-state index contributed by atoms with van der Waals surface area (Å²) in [7, 11) is 0. The number of hydrogen-bond donors (Lipinski definition) is 1. The fourth-order valence-corrected chi connectivity index (χ4v) is 1.22. The summed E-state index contributed by atoms with van der Waals surface area (Å²) in [4.78, 5) is 10.4. The van der Waals surface area contributed by atoms with Gasteiger partial charge in [0.25, 0.3) is 0 Å². The van der Waals surface area contributed by atoms with E-state index in [0.29, 0.717) is 5.56 Å². The smallest absolute Gasteiger partial charge is 0.263 e. The van der Waals surface area contributed by atoms with Crippen molar-refractivity contribution < 1.29 is 22.4 Å². The standard InChI is InChI=1S/C9H5BrF4N2O/c10-6-3-5(1-2-7(6)11)4-15-16-8(17)9(12,13)14/h1-4H,(H,16,17)/b15-4+. The van der Waals surface area contributed by atoms with Gasteiger partial charge in [-0.2, -0.15) is 18.3 Å². The molecule has 0 aliphatic heterocycles. The molecule has 0 bridgehead atoms. The number of benzene rings is 1. The fourth-order valence-electron chi connectivity index (χ4n) is 0.822. The topological polar surface area (TPSA) is 41.5 Å². The van der Waals surface area contributed by atoms with Crippen molar-refractivity contribution in [1.29, 1.82) is 0 Å². The Hall–Kier alpha value is -1.44. The van der Waals surface area contributed by atoms with E-state index >= 15 is 0 Å². The second-order valence-corrected chi connectivity index (χ2v) is 3.72. The predicted octanol–water partition coefficient (Wildman–Crippen LogP) is 2.60.